The van der Waals surface area contributed by atoms with Crippen molar-refractivity contribution in [3.8, 4) is 0 Å². The molecule has 0 saturated heterocycles. The maximum Gasteiger partial charge on any atom is 0.354 e. The maximum atomic E-state index is 12.3. The Hall–Kier alpha value is -3.13. The van der Waals surface area contributed by atoms with E-state index in [2.05, 4.69) is 19.4 Å². The van der Waals surface area contributed by atoms with Gasteiger partial charge in [0.15, 0.2) is 10.9 Å². The molecule has 128 valence electrons. The normalized spacial score (nSPS) is 10.8. The van der Waals surface area contributed by atoms with Gasteiger partial charge in [0.05, 0.1) is 35.7 Å². The van der Waals surface area contributed by atoms with Crippen molar-refractivity contribution in [1.82, 2.24) is 9.97 Å². The van der Waals surface area contributed by atoms with E-state index >= 15 is 0 Å². The summed E-state index contributed by atoms with van der Waals surface area (Å²) >= 11 is 6.28. The number of methoxy groups -OCH3 is 2. The summed E-state index contributed by atoms with van der Waals surface area (Å²) in [4.78, 5) is 53.4. The zero-order valence-corrected chi connectivity index (χ0v) is 13.8. The Morgan fingerprint density at radius 2 is 1.48 bits per heavy atom. The summed E-state index contributed by atoms with van der Waals surface area (Å²) in [6.07, 6.45) is 0. The van der Waals surface area contributed by atoms with Crippen LogP contribution in [-0.4, -0.2) is 36.1 Å². The van der Waals surface area contributed by atoms with Gasteiger partial charge in [0.1, 0.15) is 11.4 Å². The van der Waals surface area contributed by atoms with E-state index in [0.29, 0.717) is 0 Å². The van der Waals surface area contributed by atoms with Gasteiger partial charge in [0.2, 0.25) is 0 Å². The highest BCUT2D eigenvalue weighted by atomic mass is 35.5. The van der Waals surface area contributed by atoms with Gasteiger partial charge >= 0.3 is 11.9 Å². The summed E-state index contributed by atoms with van der Waals surface area (Å²) in [6.45, 7) is 0. The predicted octanol–water partition coefficient (Wildman–Crippen LogP) is 1.60. The van der Waals surface area contributed by atoms with Crippen molar-refractivity contribution in [1.29, 1.82) is 0 Å². The van der Waals surface area contributed by atoms with E-state index < -0.39 is 22.8 Å². The number of fused-ring (bicyclic) bond motifs is 2. The number of rotatable bonds is 2. The topological polar surface area (TPSA) is 118 Å². The number of hydrogen-bond acceptors (Lipinski definition) is 6. The average molecular weight is 363 g/mol. The number of carbonyl (C=O) groups is 2. The Labute approximate surface area is 144 Å². The first-order valence-electron chi connectivity index (χ1n) is 6.96. The molecule has 0 spiro atoms. The third kappa shape index (κ3) is 2.66. The third-order valence-electron chi connectivity index (χ3n) is 3.67. The molecule has 1 aromatic carbocycles. The van der Waals surface area contributed by atoms with E-state index in [-0.39, 0.29) is 38.2 Å². The van der Waals surface area contributed by atoms with E-state index in [9.17, 15) is 19.2 Å². The van der Waals surface area contributed by atoms with Crippen LogP contribution in [0.25, 0.3) is 21.8 Å². The third-order valence-corrected chi connectivity index (χ3v) is 4.05. The molecular weight excluding hydrogens is 352 g/mol. The minimum Gasteiger partial charge on any atom is -0.464 e. The number of nitrogens with one attached hydrogen (secondary N) is 2. The molecule has 2 heterocycles. The van der Waals surface area contributed by atoms with Crippen LogP contribution in [0.1, 0.15) is 21.0 Å². The molecule has 0 fully saturated rings. The minimum absolute atomic E-state index is 0.0481. The van der Waals surface area contributed by atoms with E-state index in [4.69, 9.17) is 11.6 Å². The molecule has 0 amide bonds. The van der Waals surface area contributed by atoms with Gasteiger partial charge in [-0.3, -0.25) is 9.59 Å². The lowest BCUT2D eigenvalue weighted by Gasteiger charge is -2.08. The lowest BCUT2D eigenvalue weighted by molar-refractivity contribution is 0.0585. The summed E-state index contributed by atoms with van der Waals surface area (Å²) in [5, 5.41) is 0.162. The number of ether oxygens (including phenoxy) is 2. The van der Waals surface area contributed by atoms with Crippen molar-refractivity contribution >= 4 is 45.3 Å². The molecular formula is C16H11ClN2O6. The van der Waals surface area contributed by atoms with Crippen molar-refractivity contribution in [3.05, 3.63) is 55.1 Å². The quantitative estimate of drug-likeness (QED) is 0.528. The number of hydrogen-bond donors (Lipinski definition) is 2. The largest absolute Gasteiger partial charge is 0.464 e. The van der Waals surface area contributed by atoms with Gasteiger partial charge in [-0.15, -0.1) is 0 Å². The molecule has 2 N–H and O–H groups in total. The monoisotopic (exact) mass is 362 g/mol. The molecule has 0 radical (unpaired) electrons. The second-order valence-electron chi connectivity index (χ2n) is 5.11. The number of H-pyrrole nitrogens is 2. The van der Waals surface area contributed by atoms with Crippen molar-refractivity contribution in [2.75, 3.05) is 14.2 Å². The molecule has 0 aliphatic rings. The van der Waals surface area contributed by atoms with Crippen LogP contribution in [0, 0.1) is 0 Å². The van der Waals surface area contributed by atoms with Crippen molar-refractivity contribution in [2.24, 2.45) is 0 Å². The highest BCUT2D eigenvalue weighted by molar-refractivity contribution is 6.40. The number of aromatic nitrogens is 2. The van der Waals surface area contributed by atoms with Crippen molar-refractivity contribution < 1.29 is 19.1 Å². The van der Waals surface area contributed by atoms with Gasteiger partial charge in [-0.2, -0.15) is 0 Å². The molecule has 3 aromatic rings. The smallest absolute Gasteiger partial charge is 0.354 e. The zero-order valence-electron chi connectivity index (χ0n) is 13.1. The van der Waals surface area contributed by atoms with Crippen LogP contribution in [0.2, 0.25) is 5.02 Å². The van der Waals surface area contributed by atoms with Crippen LogP contribution >= 0.6 is 11.6 Å². The molecule has 0 aliphatic heterocycles. The number of pyridine rings is 2. The molecule has 0 bridgehead atoms. The van der Waals surface area contributed by atoms with Crippen LogP contribution < -0.4 is 10.9 Å². The second-order valence-corrected chi connectivity index (χ2v) is 5.49. The first-order chi connectivity index (χ1) is 11.9. The number of halogens is 1. The van der Waals surface area contributed by atoms with Crippen LogP contribution in [0.5, 0.6) is 0 Å². The number of esters is 2. The molecule has 3 rings (SSSR count). The maximum absolute atomic E-state index is 12.3. The highest BCUT2D eigenvalue weighted by Crippen LogP contribution is 2.27. The molecule has 0 atom stereocenters. The Bertz CT molecular complexity index is 1160. The standard InChI is InChI=1S/C16H11ClN2O6/c1-24-15(22)8-5-11(21)12-7(18-8)3-6-10(20)4-9(16(23)25-2)19-14(6)13(12)17/h3-5H,1-2H3,(H,18,21)(H,19,20). The average Bonchev–Trinajstić information content (AvgIpc) is 2.60. The molecule has 25 heavy (non-hydrogen) atoms. The Kier molecular flexibility index (Phi) is 4.05. The molecule has 9 heteroatoms. The number of carbonyl (C=O) groups excluding carboxylic acids is 2. The van der Waals surface area contributed by atoms with Crippen LogP contribution in [0.3, 0.4) is 0 Å². The van der Waals surface area contributed by atoms with E-state index in [1.54, 1.807) is 0 Å². The van der Waals surface area contributed by atoms with Gasteiger partial charge in [0, 0.05) is 17.5 Å². The lowest BCUT2D eigenvalue weighted by Crippen LogP contribution is -2.14. The van der Waals surface area contributed by atoms with E-state index in [0.717, 1.165) is 12.1 Å². The summed E-state index contributed by atoms with van der Waals surface area (Å²) < 4.78 is 9.15. The Morgan fingerprint density at radius 3 is 2.08 bits per heavy atom. The molecule has 8 nitrogen and oxygen atoms in total. The van der Waals surface area contributed by atoms with Crippen molar-refractivity contribution in [2.45, 2.75) is 0 Å². The van der Waals surface area contributed by atoms with Gasteiger partial charge in [-0.25, -0.2) is 9.59 Å². The first-order valence-corrected chi connectivity index (χ1v) is 7.34. The fourth-order valence-electron chi connectivity index (χ4n) is 2.51. The Morgan fingerprint density at radius 1 is 0.920 bits per heavy atom. The van der Waals surface area contributed by atoms with Gasteiger partial charge in [0.25, 0.3) is 0 Å². The fraction of sp³-hybridized carbons (Fsp3) is 0.125. The van der Waals surface area contributed by atoms with Crippen LogP contribution in [-0.2, 0) is 9.47 Å². The van der Waals surface area contributed by atoms with Crippen LogP contribution in [0.4, 0.5) is 0 Å². The second kappa shape index (κ2) is 6.06. The zero-order chi connectivity index (χ0) is 18.3. The molecule has 2 aromatic heterocycles. The summed E-state index contributed by atoms with van der Waals surface area (Å²) in [6, 6.07) is 3.50. The number of benzene rings is 1. The molecule has 0 saturated carbocycles. The predicted molar refractivity (Wildman–Crippen MR) is 90.4 cm³/mol. The van der Waals surface area contributed by atoms with E-state index in [1.807, 2.05) is 0 Å². The van der Waals surface area contributed by atoms with Gasteiger partial charge in [-0.1, -0.05) is 11.6 Å². The van der Waals surface area contributed by atoms with Crippen LogP contribution in [0.15, 0.2) is 27.8 Å². The van der Waals surface area contributed by atoms with Gasteiger partial charge in [-0.05, 0) is 6.07 Å². The highest BCUT2D eigenvalue weighted by Gasteiger charge is 2.17. The minimum atomic E-state index is -0.745. The van der Waals surface area contributed by atoms with Crippen molar-refractivity contribution in [3.63, 3.8) is 0 Å². The SMILES string of the molecule is COC(=O)c1cc(=O)c2c(Cl)c3[nH]c(C(=O)OC)cc(=O)c3cc2[nH]1. The summed E-state index contributed by atoms with van der Waals surface area (Å²) in [5.74, 6) is -1.48. The Balaban J connectivity index is 2.44. The first kappa shape index (κ1) is 16.7. The summed E-state index contributed by atoms with van der Waals surface area (Å²) in [7, 11) is 2.35. The van der Waals surface area contributed by atoms with Gasteiger partial charge < -0.3 is 19.4 Å². The lowest BCUT2D eigenvalue weighted by atomic mass is 10.1. The molecule has 0 aliphatic carbocycles. The molecule has 0 unspecified atom stereocenters. The fourth-order valence-corrected chi connectivity index (χ4v) is 2.85. The number of aromatic amines is 2. The summed E-state index contributed by atoms with van der Waals surface area (Å²) in [5.41, 5.74) is -0.880. The van der Waals surface area contributed by atoms with E-state index in [1.165, 1.54) is 20.3 Å².